The minimum absolute atomic E-state index is 0.282. The van der Waals surface area contributed by atoms with E-state index in [0.29, 0.717) is 31.8 Å². The van der Waals surface area contributed by atoms with Gasteiger partial charge in [0.15, 0.2) is 11.6 Å². The molecule has 94 valence electrons. The molecule has 0 spiro atoms. The van der Waals surface area contributed by atoms with Crippen molar-refractivity contribution in [1.82, 2.24) is 4.98 Å². The largest absolute Gasteiger partial charge is 0.490 e. The summed E-state index contributed by atoms with van der Waals surface area (Å²) >= 11 is 0. The van der Waals surface area contributed by atoms with Crippen LogP contribution in [0.3, 0.4) is 0 Å². The SMILES string of the molecule is CCCOc1cccnc1NCCCC(N)=O. The molecule has 0 fully saturated rings. The Balaban J connectivity index is 2.43. The summed E-state index contributed by atoms with van der Waals surface area (Å²) in [4.78, 5) is 14.8. The highest BCUT2D eigenvalue weighted by molar-refractivity contribution is 5.73. The number of aromatic nitrogens is 1. The number of nitrogens with one attached hydrogen (secondary N) is 1. The van der Waals surface area contributed by atoms with E-state index in [1.807, 2.05) is 12.1 Å². The number of pyridine rings is 1. The first-order valence-electron chi connectivity index (χ1n) is 5.84. The first kappa shape index (κ1) is 13.3. The molecule has 5 heteroatoms. The maximum Gasteiger partial charge on any atom is 0.217 e. The van der Waals surface area contributed by atoms with Crippen molar-refractivity contribution in [3.8, 4) is 5.75 Å². The Morgan fingerprint density at radius 3 is 3.12 bits per heavy atom. The summed E-state index contributed by atoms with van der Waals surface area (Å²) in [7, 11) is 0. The van der Waals surface area contributed by atoms with E-state index in [9.17, 15) is 4.79 Å². The molecule has 0 radical (unpaired) electrons. The Kier molecular flexibility index (Phi) is 5.85. The molecule has 0 atom stereocenters. The summed E-state index contributed by atoms with van der Waals surface area (Å²) in [5.41, 5.74) is 5.06. The van der Waals surface area contributed by atoms with E-state index in [0.717, 1.165) is 12.2 Å². The van der Waals surface area contributed by atoms with Gasteiger partial charge < -0.3 is 15.8 Å². The number of ether oxygens (including phenoxy) is 1. The van der Waals surface area contributed by atoms with Crippen LogP contribution in [-0.2, 0) is 4.79 Å². The van der Waals surface area contributed by atoms with Crippen molar-refractivity contribution >= 4 is 11.7 Å². The van der Waals surface area contributed by atoms with Crippen molar-refractivity contribution < 1.29 is 9.53 Å². The van der Waals surface area contributed by atoms with E-state index in [4.69, 9.17) is 10.5 Å². The molecule has 0 bridgehead atoms. The fourth-order valence-corrected chi connectivity index (χ4v) is 1.32. The third-order valence-electron chi connectivity index (χ3n) is 2.12. The summed E-state index contributed by atoms with van der Waals surface area (Å²) in [6.45, 7) is 3.38. The first-order chi connectivity index (χ1) is 8.24. The van der Waals surface area contributed by atoms with E-state index in [1.54, 1.807) is 6.20 Å². The van der Waals surface area contributed by atoms with E-state index in [2.05, 4.69) is 17.2 Å². The first-order valence-corrected chi connectivity index (χ1v) is 5.84. The third-order valence-corrected chi connectivity index (χ3v) is 2.12. The fourth-order valence-electron chi connectivity index (χ4n) is 1.32. The lowest BCUT2D eigenvalue weighted by atomic mass is 10.3. The van der Waals surface area contributed by atoms with E-state index >= 15 is 0 Å². The van der Waals surface area contributed by atoms with E-state index in [-0.39, 0.29) is 5.91 Å². The number of amides is 1. The van der Waals surface area contributed by atoms with Crippen LogP contribution in [0.2, 0.25) is 0 Å². The van der Waals surface area contributed by atoms with Crippen LogP contribution < -0.4 is 15.8 Å². The third kappa shape index (κ3) is 5.19. The summed E-state index contributed by atoms with van der Waals surface area (Å²) in [6, 6.07) is 3.71. The van der Waals surface area contributed by atoms with E-state index < -0.39 is 0 Å². The highest BCUT2D eigenvalue weighted by atomic mass is 16.5. The number of carbonyl (C=O) groups is 1. The number of rotatable bonds is 8. The van der Waals surface area contributed by atoms with Crippen LogP contribution in [0.1, 0.15) is 26.2 Å². The Bertz CT molecular complexity index is 355. The lowest BCUT2D eigenvalue weighted by molar-refractivity contribution is -0.118. The lowest BCUT2D eigenvalue weighted by Gasteiger charge is -2.11. The average molecular weight is 237 g/mol. The summed E-state index contributed by atoms with van der Waals surface area (Å²) in [5.74, 6) is 1.18. The van der Waals surface area contributed by atoms with Crippen molar-refractivity contribution in [2.75, 3.05) is 18.5 Å². The standard InChI is InChI=1S/C12H19N3O2/c1-2-9-17-10-5-3-7-14-12(10)15-8-4-6-11(13)16/h3,5,7H,2,4,6,8-9H2,1H3,(H2,13,16)(H,14,15). The van der Waals surface area contributed by atoms with Crippen LogP contribution in [0, 0.1) is 0 Å². The number of carbonyl (C=O) groups excluding carboxylic acids is 1. The maximum absolute atomic E-state index is 10.6. The van der Waals surface area contributed by atoms with Gasteiger partial charge in [-0.3, -0.25) is 4.79 Å². The van der Waals surface area contributed by atoms with Gasteiger partial charge in [-0.05, 0) is 25.0 Å². The average Bonchev–Trinajstić information content (AvgIpc) is 2.33. The lowest BCUT2D eigenvalue weighted by Crippen LogP contribution is -2.13. The fraction of sp³-hybridized carbons (Fsp3) is 0.500. The van der Waals surface area contributed by atoms with Crippen LogP contribution in [0.4, 0.5) is 5.82 Å². The van der Waals surface area contributed by atoms with E-state index in [1.165, 1.54) is 0 Å². The van der Waals surface area contributed by atoms with Gasteiger partial charge in [-0.1, -0.05) is 6.92 Å². The Morgan fingerprint density at radius 1 is 1.59 bits per heavy atom. The van der Waals surface area contributed by atoms with Crippen LogP contribution in [0.15, 0.2) is 18.3 Å². The minimum atomic E-state index is -0.282. The van der Waals surface area contributed by atoms with Crippen molar-refractivity contribution in [3.63, 3.8) is 0 Å². The van der Waals surface area contributed by atoms with Gasteiger partial charge in [-0.2, -0.15) is 0 Å². The van der Waals surface area contributed by atoms with Crippen LogP contribution in [-0.4, -0.2) is 24.0 Å². The number of hydrogen-bond donors (Lipinski definition) is 2. The van der Waals surface area contributed by atoms with Gasteiger partial charge >= 0.3 is 0 Å². The highest BCUT2D eigenvalue weighted by Crippen LogP contribution is 2.20. The molecular weight excluding hydrogens is 218 g/mol. The summed E-state index contributed by atoms with van der Waals surface area (Å²) < 4.78 is 5.55. The van der Waals surface area contributed by atoms with Gasteiger partial charge in [0.05, 0.1) is 6.61 Å². The zero-order valence-corrected chi connectivity index (χ0v) is 10.1. The monoisotopic (exact) mass is 237 g/mol. The molecule has 17 heavy (non-hydrogen) atoms. The molecule has 1 aromatic rings. The second-order valence-electron chi connectivity index (χ2n) is 3.70. The molecule has 0 unspecified atom stereocenters. The minimum Gasteiger partial charge on any atom is -0.490 e. The van der Waals surface area contributed by atoms with Crippen LogP contribution >= 0.6 is 0 Å². The summed E-state index contributed by atoms with van der Waals surface area (Å²) in [5, 5.41) is 3.13. The topological polar surface area (TPSA) is 77.2 Å². The molecule has 1 aromatic heterocycles. The molecule has 1 rings (SSSR count). The smallest absolute Gasteiger partial charge is 0.217 e. The van der Waals surface area contributed by atoms with Gasteiger partial charge in [0, 0.05) is 19.2 Å². The number of nitrogens with zero attached hydrogens (tertiary/aromatic N) is 1. The number of hydrogen-bond acceptors (Lipinski definition) is 4. The van der Waals surface area contributed by atoms with Crippen molar-refractivity contribution in [3.05, 3.63) is 18.3 Å². The van der Waals surface area contributed by atoms with Crippen molar-refractivity contribution in [1.29, 1.82) is 0 Å². The Morgan fingerprint density at radius 2 is 2.41 bits per heavy atom. The van der Waals surface area contributed by atoms with Gasteiger partial charge in [-0.15, -0.1) is 0 Å². The maximum atomic E-state index is 10.6. The number of nitrogens with two attached hydrogens (primary N) is 1. The predicted molar refractivity (Wildman–Crippen MR) is 66.9 cm³/mol. The number of anilines is 1. The van der Waals surface area contributed by atoms with Crippen LogP contribution in [0.5, 0.6) is 5.75 Å². The second kappa shape index (κ2) is 7.49. The molecule has 0 aliphatic carbocycles. The molecular formula is C12H19N3O2. The Labute approximate surface area is 101 Å². The molecule has 0 saturated heterocycles. The van der Waals surface area contributed by atoms with Crippen molar-refractivity contribution in [2.24, 2.45) is 5.73 Å². The Hall–Kier alpha value is -1.78. The molecule has 3 N–H and O–H groups in total. The normalized spacial score (nSPS) is 9.94. The number of primary amides is 1. The molecule has 5 nitrogen and oxygen atoms in total. The highest BCUT2D eigenvalue weighted by Gasteiger charge is 2.03. The van der Waals surface area contributed by atoms with Crippen LogP contribution in [0.25, 0.3) is 0 Å². The molecule has 0 aliphatic heterocycles. The predicted octanol–water partition coefficient (Wildman–Crippen LogP) is 1.55. The molecule has 1 amide bonds. The van der Waals surface area contributed by atoms with Crippen molar-refractivity contribution in [2.45, 2.75) is 26.2 Å². The zero-order chi connectivity index (χ0) is 12.5. The molecule has 1 heterocycles. The quantitative estimate of drug-likeness (QED) is 0.672. The molecule has 0 saturated carbocycles. The van der Waals surface area contributed by atoms with Gasteiger partial charge in [0.2, 0.25) is 5.91 Å². The molecule has 0 aromatic carbocycles. The molecule has 0 aliphatic rings. The zero-order valence-electron chi connectivity index (χ0n) is 10.1. The second-order valence-corrected chi connectivity index (χ2v) is 3.70. The van der Waals surface area contributed by atoms with Gasteiger partial charge in [0.1, 0.15) is 0 Å². The van der Waals surface area contributed by atoms with Gasteiger partial charge in [-0.25, -0.2) is 4.98 Å². The van der Waals surface area contributed by atoms with Gasteiger partial charge in [0.25, 0.3) is 0 Å². The summed E-state index contributed by atoms with van der Waals surface area (Å²) in [6.07, 6.45) is 3.73.